The van der Waals surface area contributed by atoms with E-state index in [-0.39, 0.29) is 0 Å². The molecule has 0 aromatic heterocycles. The molecule has 0 fully saturated rings. The normalized spacial score (nSPS) is 18.8. The van der Waals surface area contributed by atoms with Crippen LogP contribution in [0.15, 0.2) is 24.3 Å². The van der Waals surface area contributed by atoms with Crippen LogP contribution in [-0.4, -0.2) is 12.5 Å². The summed E-state index contributed by atoms with van der Waals surface area (Å²) in [5.74, 6) is 0.495. The molecule has 1 aromatic rings. The molecule has 1 aliphatic rings. The van der Waals surface area contributed by atoms with Gasteiger partial charge in [0.1, 0.15) is 0 Å². The molecule has 0 saturated carbocycles. The van der Waals surface area contributed by atoms with Gasteiger partial charge in [-0.15, -0.1) is 0 Å². The molecule has 0 amide bonds. The Bertz CT molecular complexity index is 375. The standard InChI is InChI=1S/C10H13O4P/c1-3-12-8(2)15(11)13-9-6-4-5-7-10(9)14-15/h4-8H,3H2,1-2H3. The third-order valence-electron chi connectivity index (χ3n) is 2.15. The molecular formula is C10H13O4P. The average Bonchev–Trinajstić information content (AvgIpc) is 2.56. The molecule has 1 heterocycles. The van der Waals surface area contributed by atoms with Crippen LogP contribution in [0.2, 0.25) is 0 Å². The Balaban J connectivity index is 2.21. The molecule has 1 aliphatic heterocycles. The van der Waals surface area contributed by atoms with Crippen LogP contribution < -0.4 is 9.05 Å². The Kier molecular flexibility index (Phi) is 2.72. The molecule has 1 unspecified atom stereocenters. The SMILES string of the molecule is CCOC(C)P1(=O)Oc2ccccc2O1. The summed E-state index contributed by atoms with van der Waals surface area (Å²) in [6, 6.07) is 7.08. The molecule has 82 valence electrons. The minimum absolute atomic E-state index is 0.480. The molecule has 2 rings (SSSR count). The summed E-state index contributed by atoms with van der Waals surface area (Å²) >= 11 is 0. The molecule has 1 aromatic carbocycles. The second-order valence-electron chi connectivity index (χ2n) is 3.22. The molecule has 15 heavy (non-hydrogen) atoms. The summed E-state index contributed by atoms with van der Waals surface area (Å²) in [5, 5.41) is 0. The van der Waals surface area contributed by atoms with Crippen molar-refractivity contribution < 1.29 is 18.3 Å². The van der Waals surface area contributed by atoms with Gasteiger partial charge in [0.2, 0.25) is 0 Å². The quantitative estimate of drug-likeness (QED) is 0.746. The summed E-state index contributed by atoms with van der Waals surface area (Å²) in [6.07, 6.45) is 0. The van der Waals surface area contributed by atoms with Crippen LogP contribution in [0.25, 0.3) is 0 Å². The zero-order valence-corrected chi connectivity index (χ0v) is 9.57. The molecule has 0 saturated heterocycles. The van der Waals surface area contributed by atoms with Gasteiger partial charge in [-0.1, -0.05) is 12.1 Å². The maximum atomic E-state index is 12.2. The maximum absolute atomic E-state index is 12.2. The van der Waals surface area contributed by atoms with Gasteiger partial charge in [-0.2, -0.15) is 0 Å². The summed E-state index contributed by atoms with van der Waals surface area (Å²) < 4.78 is 28.1. The van der Waals surface area contributed by atoms with Crippen molar-refractivity contribution in [1.82, 2.24) is 0 Å². The van der Waals surface area contributed by atoms with E-state index in [1.54, 1.807) is 19.1 Å². The van der Waals surface area contributed by atoms with Crippen LogP contribution in [0.5, 0.6) is 11.5 Å². The predicted molar refractivity (Wildman–Crippen MR) is 56.4 cm³/mol. The fraction of sp³-hybridized carbons (Fsp3) is 0.400. The van der Waals surface area contributed by atoms with Crippen molar-refractivity contribution in [1.29, 1.82) is 0 Å². The van der Waals surface area contributed by atoms with E-state index >= 15 is 0 Å². The fourth-order valence-corrected chi connectivity index (χ4v) is 2.89. The highest BCUT2D eigenvalue weighted by Gasteiger charge is 2.42. The van der Waals surface area contributed by atoms with Crippen molar-refractivity contribution in [2.45, 2.75) is 19.7 Å². The van der Waals surface area contributed by atoms with Crippen molar-refractivity contribution in [3.05, 3.63) is 24.3 Å². The molecular weight excluding hydrogens is 215 g/mol. The number of fused-ring (bicyclic) bond motifs is 1. The summed E-state index contributed by atoms with van der Waals surface area (Å²) in [6.45, 7) is 4.01. The summed E-state index contributed by atoms with van der Waals surface area (Å²) in [4.78, 5) is 0. The molecule has 0 bridgehead atoms. The highest BCUT2D eigenvalue weighted by Crippen LogP contribution is 2.61. The van der Waals surface area contributed by atoms with Crippen molar-refractivity contribution >= 4 is 7.60 Å². The average molecular weight is 228 g/mol. The fourth-order valence-electron chi connectivity index (χ4n) is 1.37. The lowest BCUT2D eigenvalue weighted by Crippen LogP contribution is -2.13. The Labute approximate surface area is 88.7 Å². The highest BCUT2D eigenvalue weighted by molar-refractivity contribution is 7.55. The van der Waals surface area contributed by atoms with Gasteiger partial charge in [0.25, 0.3) is 0 Å². The van der Waals surface area contributed by atoms with Gasteiger partial charge >= 0.3 is 7.60 Å². The van der Waals surface area contributed by atoms with Crippen LogP contribution in [0.1, 0.15) is 13.8 Å². The largest absolute Gasteiger partial charge is 0.459 e. The van der Waals surface area contributed by atoms with Gasteiger partial charge in [-0.05, 0) is 26.0 Å². The number of ether oxygens (including phenoxy) is 1. The van der Waals surface area contributed by atoms with Crippen molar-refractivity contribution in [2.24, 2.45) is 0 Å². The smallest absolute Gasteiger partial charge is 0.410 e. The van der Waals surface area contributed by atoms with Gasteiger partial charge in [0.05, 0.1) is 0 Å². The Morgan fingerprint density at radius 2 is 1.87 bits per heavy atom. The topological polar surface area (TPSA) is 44.8 Å². The van der Waals surface area contributed by atoms with Gasteiger partial charge in [0.15, 0.2) is 17.3 Å². The number of hydrogen-bond acceptors (Lipinski definition) is 4. The first-order valence-corrected chi connectivity index (χ1v) is 6.46. The lowest BCUT2D eigenvalue weighted by Gasteiger charge is -2.17. The first-order valence-electron chi connectivity index (χ1n) is 4.85. The number of rotatable bonds is 3. The lowest BCUT2D eigenvalue weighted by molar-refractivity contribution is 0.114. The third-order valence-corrected chi connectivity index (χ3v) is 4.10. The number of benzene rings is 1. The van der Waals surface area contributed by atoms with Gasteiger partial charge in [-0.3, -0.25) is 0 Å². The van der Waals surface area contributed by atoms with E-state index in [9.17, 15) is 4.57 Å². The zero-order chi connectivity index (χ0) is 10.9. The van der Waals surface area contributed by atoms with Crippen LogP contribution in [0.3, 0.4) is 0 Å². The zero-order valence-electron chi connectivity index (χ0n) is 8.67. The second-order valence-corrected chi connectivity index (χ2v) is 5.40. The van der Waals surface area contributed by atoms with E-state index in [1.165, 1.54) is 0 Å². The molecule has 1 atom stereocenters. The van der Waals surface area contributed by atoms with E-state index in [0.29, 0.717) is 18.1 Å². The lowest BCUT2D eigenvalue weighted by atomic mass is 10.3. The summed E-state index contributed by atoms with van der Waals surface area (Å²) in [5.41, 5.74) is 0. The molecule has 5 heteroatoms. The van der Waals surface area contributed by atoms with E-state index in [0.717, 1.165) is 0 Å². The van der Waals surface area contributed by atoms with Gasteiger partial charge in [-0.25, -0.2) is 4.57 Å². The van der Waals surface area contributed by atoms with Crippen LogP contribution in [0, 0.1) is 0 Å². The van der Waals surface area contributed by atoms with Crippen LogP contribution in [-0.2, 0) is 9.30 Å². The summed E-state index contributed by atoms with van der Waals surface area (Å²) in [7, 11) is -3.18. The first kappa shape index (κ1) is 10.5. The first-order chi connectivity index (χ1) is 7.15. The van der Waals surface area contributed by atoms with E-state index in [1.807, 2.05) is 19.1 Å². The Morgan fingerprint density at radius 1 is 1.33 bits per heavy atom. The maximum Gasteiger partial charge on any atom is 0.459 e. The van der Waals surface area contributed by atoms with Crippen molar-refractivity contribution in [3.8, 4) is 11.5 Å². The predicted octanol–water partition coefficient (Wildman–Crippen LogP) is 3.03. The molecule has 4 nitrogen and oxygen atoms in total. The Morgan fingerprint density at radius 3 is 2.33 bits per heavy atom. The monoisotopic (exact) mass is 228 g/mol. The second kappa shape index (κ2) is 3.87. The van der Waals surface area contributed by atoms with Crippen LogP contribution >= 0.6 is 7.60 Å². The van der Waals surface area contributed by atoms with Crippen LogP contribution in [0.4, 0.5) is 0 Å². The molecule has 0 spiro atoms. The van der Waals surface area contributed by atoms with Crippen molar-refractivity contribution in [2.75, 3.05) is 6.61 Å². The molecule has 0 N–H and O–H groups in total. The number of para-hydroxylation sites is 2. The number of hydrogen-bond donors (Lipinski definition) is 0. The molecule has 0 aliphatic carbocycles. The van der Waals surface area contributed by atoms with Gasteiger partial charge < -0.3 is 13.8 Å². The molecule has 0 radical (unpaired) electrons. The van der Waals surface area contributed by atoms with Crippen molar-refractivity contribution in [3.63, 3.8) is 0 Å². The minimum atomic E-state index is -3.18. The Hall–Kier alpha value is -0.990. The van der Waals surface area contributed by atoms with E-state index < -0.39 is 13.4 Å². The van der Waals surface area contributed by atoms with E-state index in [4.69, 9.17) is 13.8 Å². The highest BCUT2D eigenvalue weighted by atomic mass is 31.2. The van der Waals surface area contributed by atoms with E-state index in [2.05, 4.69) is 0 Å². The van der Waals surface area contributed by atoms with Gasteiger partial charge in [0, 0.05) is 6.61 Å². The minimum Gasteiger partial charge on any atom is -0.410 e. The third kappa shape index (κ3) is 1.87.